The first-order valence-corrected chi connectivity index (χ1v) is 11.0. The van der Waals surface area contributed by atoms with Crippen LogP contribution < -0.4 is 5.32 Å². The molecule has 0 bridgehead atoms. The number of aliphatic hydroxyl groups is 1. The molecular weight excluding hydrogens is 481 g/mol. The van der Waals surface area contributed by atoms with Crippen molar-refractivity contribution in [1.82, 2.24) is 20.5 Å². The van der Waals surface area contributed by atoms with Crippen LogP contribution in [0.5, 0.6) is 0 Å². The predicted molar refractivity (Wildman–Crippen MR) is 126 cm³/mol. The molecule has 0 unspecified atom stereocenters. The summed E-state index contributed by atoms with van der Waals surface area (Å²) >= 11 is 6.39. The van der Waals surface area contributed by atoms with E-state index in [4.69, 9.17) is 11.6 Å². The first kappa shape index (κ1) is 24.4. The van der Waals surface area contributed by atoms with Crippen LogP contribution in [-0.4, -0.2) is 38.8 Å². The minimum absolute atomic E-state index is 0.0226. The Morgan fingerprint density at radius 1 is 1.11 bits per heavy atom. The number of alkyl halides is 2. The molecule has 0 aliphatic heterocycles. The lowest BCUT2D eigenvalue weighted by atomic mass is 9.99. The lowest BCUT2D eigenvalue weighted by molar-refractivity contribution is -0.0514. The summed E-state index contributed by atoms with van der Waals surface area (Å²) in [6.07, 6.45) is 0.828. The van der Waals surface area contributed by atoms with E-state index in [2.05, 4.69) is 20.5 Å². The molecule has 4 rings (SSSR count). The minimum Gasteiger partial charge on any atom is -0.396 e. The Morgan fingerprint density at radius 2 is 1.89 bits per heavy atom. The van der Waals surface area contributed by atoms with Crippen LogP contribution in [0.1, 0.15) is 22.5 Å². The molecule has 0 radical (unpaired) electrons. The van der Waals surface area contributed by atoms with Crippen LogP contribution >= 0.6 is 11.6 Å². The fourth-order valence-corrected chi connectivity index (χ4v) is 3.92. The highest BCUT2D eigenvalue weighted by molar-refractivity contribution is 6.34. The van der Waals surface area contributed by atoms with Gasteiger partial charge in [0.2, 0.25) is 0 Å². The van der Waals surface area contributed by atoms with Crippen molar-refractivity contribution in [1.29, 1.82) is 0 Å². The summed E-state index contributed by atoms with van der Waals surface area (Å²) in [6, 6.07) is 14.2. The number of aromatic nitrogens is 3. The Bertz CT molecular complexity index is 1310. The molecule has 0 saturated heterocycles. The van der Waals surface area contributed by atoms with Gasteiger partial charge in [-0.05, 0) is 66.6 Å². The monoisotopic (exact) mass is 500 g/mol. The zero-order chi connectivity index (χ0) is 25.0. The number of aromatic amines is 1. The second-order valence-corrected chi connectivity index (χ2v) is 8.12. The van der Waals surface area contributed by atoms with Gasteiger partial charge in [0.1, 0.15) is 17.6 Å². The molecule has 6 nitrogen and oxygen atoms in total. The van der Waals surface area contributed by atoms with E-state index in [1.807, 2.05) is 0 Å². The van der Waals surface area contributed by atoms with Crippen LogP contribution in [0.2, 0.25) is 5.02 Å². The van der Waals surface area contributed by atoms with E-state index < -0.39 is 42.4 Å². The number of hydrogen-bond acceptors (Lipinski definition) is 4. The van der Waals surface area contributed by atoms with Crippen molar-refractivity contribution < 1.29 is 23.1 Å². The van der Waals surface area contributed by atoms with Gasteiger partial charge >= 0.3 is 5.92 Å². The third-order valence-corrected chi connectivity index (χ3v) is 5.73. The van der Waals surface area contributed by atoms with Crippen molar-refractivity contribution in [3.05, 3.63) is 95.0 Å². The number of nitrogens with one attached hydrogen (secondary N) is 2. The molecule has 0 spiro atoms. The molecule has 35 heavy (non-hydrogen) atoms. The maximum atomic E-state index is 15.1. The van der Waals surface area contributed by atoms with Gasteiger partial charge < -0.3 is 10.4 Å². The zero-order valence-corrected chi connectivity index (χ0v) is 18.9. The number of rotatable bonds is 8. The van der Waals surface area contributed by atoms with Crippen LogP contribution in [0.15, 0.2) is 72.9 Å². The minimum atomic E-state index is -3.54. The molecule has 0 aliphatic rings. The first-order valence-electron chi connectivity index (χ1n) is 10.6. The van der Waals surface area contributed by atoms with E-state index >= 15 is 8.78 Å². The van der Waals surface area contributed by atoms with E-state index in [9.17, 15) is 14.3 Å². The SMILES string of the molecule is O=C(N[C@@H](CCO)C(F)(F)c1ccccn1)c1cccc(Cl)c1-c1cc(-c2ccc(F)cc2)[nH]n1. The van der Waals surface area contributed by atoms with Crippen molar-refractivity contribution in [2.45, 2.75) is 18.4 Å². The summed E-state index contributed by atoms with van der Waals surface area (Å²) < 4.78 is 43.6. The van der Waals surface area contributed by atoms with Gasteiger partial charge in [-0.25, -0.2) is 4.39 Å². The number of amides is 1. The summed E-state index contributed by atoms with van der Waals surface area (Å²) in [5.74, 6) is -4.75. The predicted octanol–water partition coefficient (Wildman–Crippen LogP) is 5.20. The maximum Gasteiger partial charge on any atom is 0.309 e. The summed E-state index contributed by atoms with van der Waals surface area (Å²) in [6.45, 7) is -0.573. The quantitative estimate of drug-likeness (QED) is 0.310. The van der Waals surface area contributed by atoms with Crippen LogP contribution in [0.25, 0.3) is 22.5 Å². The number of hydrogen-bond donors (Lipinski definition) is 3. The first-order chi connectivity index (χ1) is 16.8. The number of aliphatic hydroxyl groups excluding tert-OH is 1. The smallest absolute Gasteiger partial charge is 0.309 e. The van der Waals surface area contributed by atoms with Gasteiger partial charge in [-0.15, -0.1) is 0 Å². The normalized spacial score (nSPS) is 12.4. The van der Waals surface area contributed by atoms with E-state index in [1.54, 1.807) is 24.3 Å². The fraction of sp³-hybridized carbons (Fsp3) is 0.160. The average Bonchev–Trinajstić information content (AvgIpc) is 3.34. The van der Waals surface area contributed by atoms with Gasteiger partial charge in [-0.2, -0.15) is 13.9 Å². The van der Waals surface area contributed by atoms with Gasteiger partial charge in [-0.1, -0.05) is 23.7 Å². The highest BCUT2D eigenvalue weighted by Crippen LogP contribution is 2.35. The second-order valence-electron chi connectivity index (χ2n) is 7.71. The number of pyridine rings is 1. The Hall–Kier alpha value is -3.69. The number of benzene rings is 2. The number of halogens is 4. The van der Waals surface area contributed by atoms with Crippen LogP contribution in [0.3, 0.4) is 0 Å². The molecule has 2 aromatic heterocycles. The third-order valence-electron chi connectivity index (χ3n) is 5.41. The molecule has 180 valence electrons. The van der Waals surface area contributed by atoms with Crippen molar-refractivity contribution in [2.75, 3.05) is 6.61 Å². The topological polar surface area (TPSA) is 90.9 Å². The van der Waals surface area contributed by atoms with Crippen LogP contribution in [-0.2, 0) is 5.92 Å². The number of H-pyrrole nitrogens is 1. The molecule has 3 N–H and O–H groups in total. The summed E-state index contributed by atoms with van der Waals surface area (Å²) in [7, 11) is 0. The molecule has 2 heterocycles. The Balaban J connectivity index is 1.66. The molecular formula is C25H20ClF3N4O2. The largest absolute Gasteiger partial charge is 0.396 e. The molecule has 4 aromatic rings. The zero-order valence-electron chi connectivity index (χ0n) is 18.2. The molecule has 2 aromatic carbocycles. The molecule has 0 saturated carbocycles. The molecule has 0 fully saturated rings. The standard InChI is InChI=1S/C25H20ClF3N4O2/c26-18-5-3-4-17(23(18)20-14-19(32-33-20)15-7-9-16(27)10-8-15)24(35)31-22(11-13-34)25(28,29)21-6-1-2-12-30-21/h1-10,12,14,22,34H,11,13H2,(H,31,35)(H,32,33)/t22-/m0/s1. The molecule has 1 amide bonds. The highest BCUT2D eigenvalue weighted by Gasteiger charge is 2.43. The lowest BCUT2D eigenvalue weighted by Crippen LogP contribution is -2.47. The Kier molecular flexibility index (Phi) is 7.18. The van der Waals surface area contributed by atoms with Crippen molar-refractivity contribution >= 4 is 17.5 Å². The molecule has 10 heteroatoms. The molecule has 1 atom stereocenters. The van der Waals surface area contributed by atoms with Gasteiger partial charge in [0.25, 0.3) is 5.91 Å². The van der Waals surface area contributed by atoms with Gasteiger partial charge in [-0.3, -0.25) is 14.9 Å². The van der Waals surface area contributed by atoms with E-state index in [0.29, 0.717) is 17.0 Å². The lowest BCUT2D eigenvalue weighted by Gasteiger charge is -2.27. The summed E-state index contributed by atoms with van der Waals surface area (Å²) in [5, 5.41) is 18.9. The number of carbonyl (C=O) groups excluding carboxylic acids is 1. The Labute approximate surface area is 203 Å². The Morgan fingerprint density at radius 3 is 2.57 bits per heavy atom. The van der Waals surface area contributed by atoms with Gasteiger partial charge in [0.05, 0.1) is 22.0 Å². The summed E-state index contributed by atoms with van der Waals surface area (Å²) in [5.41, 5.74) is 1.23. The maximum absolute atomic E-state index is 15.1. The number of nitrogens with zero attached hydrogens (tertiary/aromatic N) is 2. The average molecular weight is 501 g/mol. The van der Waals surface area contributed by atoms with Crippen molar-refractivity contribution in [3.8, 4) is 22.5 Å². The third kappa shape index (κ3) is 5.21. The van der Waals surface area contributed by atoms with E-state index in [0.717, 1.165) is 6.07 Å². The fourth-order valence-electron chi connectivity index (χ4n) is 3.65. The van der Waals surface area contributed by atoms with Crippen LogP contribution in [0.4, 0.5) is 13.2 Å². The highest BCUT2D eigenvalue weighted by atomic mass is 35.5. The van der Waals surface area contributed by atoms with Gasteiger partial charge in [0, 0.05) is 18.4 Å². The summed E-state index contributed by atoms with van der Waals surface area (Å²) in [4.78, 5) is 16.9. The van der Waals surface area contributed by atoms with Crippen molar-refractivity contribution in [2.24, 2.45) is 0 Å². The van der Waals surface area contributed by atoms with E-state index in [-0.39, 0.29) is 16.1 Å². The van der Waals surface area contributed by atoms with Crippen LogP contribution in [0, 0.1) is 5.82 Å². The number of carbonyl (C=O) groups is 1. The van der Waals surface area contributed by atoms with Crippen molar-refractivity contribution in [3.63, 3.8) is 0 Å². The second kappa shape index (κ2) is 10.3. The van der Waals surface area contributed by atoms with Gasteiger partial charge in [0.15, 0.2) is 0 Å². The molecule has 0 aliphatic carbocycles. The van der Waals surface area contributed by atoms with E-state index in [1.165, 1.54) is 42.6 Å².